The van der Waals surface area contributed by atoms with Gasteiger partial charge in [0.1, 0.15) is 6.61 Å². The number of carbonyl (C=O) groups is 1. The molecular formula is C17H19N3O2S. The van der Waals surface area contributed by atoms with Crippen molar-refractivity contribution in [1.29, 1.82) is 0 Å². The SMILES string of the molecule is Cc1ccc(C(=O)Nc2ccc(CC[C@H]3COC(N)=N3)cc2)s1. The van der Waals surface area contributed by atoms with Gasteiger partial charge in [0, 0.05) is 10.6 Å². The molecule has 3 rings (SSSR count). The van der Waals surface area contributed by atoms with Crippen molar-refractivity contribution in [2.75, 3.05) is 11.9 Å². The van der Waals surface area contributed by atoms with E-state index >= 15 is 0 Å². The molecule has 0 spiro atoms. The molecule has 5 nitrogen and oxygen atoms in total. The molecule has 2 heterocycles. The van der Waals surface area contributed by atoms with Crippen LogP contribution in [0.15, 0.2) is 41.4 Å². The van der Waals surface area contributed by atoms with E-state index in [1.807, 2.05) is 43.3 Å². The predicted octanol–water partition coefficient (Wildman–Crippen LogP) is 2.95. The smallest absolute Gasteiger partial charge is 0.282 e. The molecule has 2 aromatic rings. The zero-order valence-corrected chi connectivity index (χ0v) is 13.7. The van der Waals surface area contributed by atoms with Gasteiger partial charge in [-0.3, -0.25) is 4.79 Å². The average Bonchev–Trinajstić information content (AvgIpc) is 3.15. The number of hydrogen-bond acceptors (Lipinski definition) is 5. The molecule has 120 valence electrons. The van der Waals surface area contributed by atoms with Crippen LogP contribution < -0.4 is 11.1 Å². The van der Waals surface area contributed by atoms with Crippen molar-refractivity contribution >= 4 is 29.0 Å². The summed E-state index contributed by atoms with van der Waals surface area (Å²) < 4.78 is 5.14. The molecule has 0 unspecified atom stereocenters. The first-order valence-electron chi connectivity index (χ1n) is 7.53. The maximum atomic E-state index is 12.1. The number of amides is 1. The van der Waals surface area contributed by atoms with Gasteiger partial charge in [-0.1, -0.05) is 12.1 Å². The Morgan fingerprint density at radius 1 is 1.35 bits per heavy atom. The summed E-state index contributed by atoms with van der Waals surface area (Å²) in [5, 5.41) is 2.91. The van der Waals surface area contributed by atoms with Gasteiger partial charge in [0.15, 0.2) is 0 Å². The largest absolute Gasteiger partial charge is 0.463 e. The summed E-state index contributed by atoms with van der Waals surface area (Å²) in [6.07, 6.45) is 1.81. The summed E-state index contributed by atoms with van der Waals surface area (Å²) >= 11 is 1.49. The van der Waals surface area contributed by atoms with Crippen LogP contribution in [-0.4, -0.2) is 24.6 Å². The molecule has 1 atom stereocenters. The highest BCUT2D eigenvalue weighted by Gasteiger charge is 2.16. The Morgan fingerprint density at radius 3 is 2.74 bits per heavy atom. The Kier molecular flexibility index (Phi) is 4.62. The van der Waals surface area contributed by atoms with Crippen molar-refractivity contribution in [3.63, 3.8) is 0 Å². The third-order valence-corrected chi connectivity index (χ3v) is 4.68. The molecule has 23 heavy (non-hydrogen) atoms. The summed E-state index contributed by atoms with van der Waals surface area (Å²) in [7, 11) is 0. The molecule has 1 aliphatic rings. The van der Waals surface area contributed by atoms with Gasteiger partial charge in [0.05, 0.1) is 10.9 Å². The first kappa shape index (κ1) is 15.6. The normalized spacial score (nSPS) is 16.7. The number of amidine groups is 1. The minimum Gasteiger partial charge on any atom is -0.463 e. The maximum Gasteiger partial charge on any atom is 0.282 e. The van der Waals surface area contributed by atoms with Crippen molar-refractivity contribution in [1.82, 2.24) is 0 Å². The summed E-state index contributed by atoms with van der Waals surface area (Å²) in [5.74, 6) is -0.0660. The second-order valence-corrected chi connectivity index (χ2v) is 6.82. The molecule has 0 bridgehead atoms. The fraction of sp³-hybridized carbons (Fsp3) is 0.294. The number of nitrogens with one attached hydrogen (secondary N) is 1. The Labute approximate surface area is 139 Å². The molecule has 1 aromatic carbocycles. The molecule has 1 amide bonds. The standard InChI is InChI=1S/C17H19N3O2S/c1-11-2-9-15(23-11)16(21)19-13-6-3-12(4-7-13)5-8-14-10-22-17(18)20-14/h2-4,6-7,9,14H,5,8,10H2,1H3,(H2,18,20)(H,19,21)/t14-/m0/s1. The fourth-order valence-electron chi connectivity index (χ4n) is 2.42. The number of aliphatic imine (C=N–C) groups is 1. The quantitative estimate of drug-likeness (QED) is 0.885. The number of ether oxygens (including phenoxy) is 1. The molecule has 0 saturated heterocycles. The third-order valence-electron chi connectivity index (χ3n) is 3.68. The first-order chi connectivity index (χ1) is 11.1. The van der Waals surface area contributed by atoms with Gasteiger partial charge in [-0.05, 0) is 49.6 Å². The van der Waals surface area contributed by atoms with E-state index in [0.29, 0.717) is 6.61 Å². The number of hydrogen-bond donors (Lipinski definition) is 2. The van der Waals surface area contributed by atoms with Crippen LogP contribution >= 0.6 is 11.3 Å². The van der Waals surface area contributed by atoms with Crippen LogP contribution in [-0.2, 0) is 11.2 Å². The van der Waals surface area contributed by atoms with Crippen molar-refractivity contribution in [2.24, 2.45) is 10.7 Å². The lowest BCUT2D eigenvalue weighted by atomic mass is 10.1. The predicted molar refractivity (Wildman–Crippen MR) is 93.1 cm³/mol. The first-order valence-corrected chi connectivity index (χ1v) is 8.34. The molecule has 6 heteroatoms. The number of benzene rings is 1. The Balaban J connectivity index is 1.53. The van der Waals surface area contributed by atoms with E-state index in [2.05, 4.69) is 10.3 Å². The molecule has 0 aliphatic carbocycles. The zero-order valence-electron chi connectivity index (χ0n) is 12.9. The molecule has 0 fully saturated rings. The van der Waals surface area contributed by atoms with Crippen LogP contribution in [0.5, 0.6) is 0 Å². The summed E-state index contributed by atoms with van der Waals surface area (Å²) in [6, 6.07) is 12.1. The van der Waals surface area contributed by atoms with E-state index in [1.165, 1.54) is 16.9 Å². The number of aryl methyl sites for hydroxylation is 2. The van der Waals surface area contributed by atoms with Crippen LogP contribution in [0.25, 0.3) is 0 Å². The Hall–Kier alpha value is -2.34. The molecule has 0 radical (unpaired) electrons. The van der Waals surface area contributed by atoms with Gasteiger partial charge in [-0.15, -0.1) is 11.3 Å². The number of thiophene rings is 1. The minimum absolute atomic E-state index is 0.0660. The Morgan fingerprint density at radius 2 is 2.13 bits per heavy atom. The van der Waals surface area contributed by atoms with E-state index in [1.54, 1.807) is 0 Å². The number of nitrogens with zero attached hydrogens (tertiary/aromatic N) is 1. The van der Waals surface area contributed by atoms with E-state index < -0.39 is 0 Å². The van der Waals surface area contributed by atoms with Crippen molar-refractivity contribution in [2.45, 2.75) is 25.8 Å². The monoisotopic (exact) mass is 329 g/mol. The number of carbonyl (C=O) groups excluding carboxylic acids is 1. The highest BCUT2D eigenvalue weighted by atomic mass is 32.1. The Bertz CT molecular complexity index is 722. The molecular weight excluding hydrogens is 310 g/mol. The second-order valence-electron chi connectivity index (χ2n) is 5.53. The van der Waals surface area contributed by atoms with Gasteiger partial charge in [0.25, 0.3) is 11.9 Å². The zero-order chi connectivity index (χ0) is 16.2. The number of anilines is 1. The van der Waals surface area contributed by atoms with Gasteiger partial charge < -0.3 is 15.8 Å². The van der Waals surface area contributed by atoms with E-state index in [4.69, 9.17) is 10.5 Å². The molecule has 1 aliphatic heterocycles. The minimum atomic E-state index is -0.0660. The van der Waals surface area contributed by atoms with Gasteiger partial charge >= 0.3 is 0 Å². The van der Waals surface area contributed by atoms with Crippen molar-refractivity contribution < 1.29 is 9.53 Å². The lowest BCUT2D eigenvalue weighted by Gasteiger charge is -2.07. The molecule has 0 saturated carbocycles. The van der Waals surface area contributed by atoms with E-state index in [0.717, 1.165) is 28.3 Å². The lowest BCUT2D eigenvalue weighted by Crippen LogP contribution is -2.10. The lowest BCUT2D eigenvalue weighted by molar-refractivity contribution is 0.103. The van der Waals surface area contributed by atoms with Crippen LogP contribution in [0.2, 0.25) is 0 Å². The van der Waals surface area contributed by atoms with Crippen LogP contribution in [0.1, 0.15) is 26.5 Å². The van der Waals surface area contributed by atoms with E-state index in [9.17, 15) is 4.79 Å². The molecule has 1 aromatic heterocycles. The third kappa shape index (κ3) is 4.10. The number of nitrogens with two attached hydrogens (primary N) is 1. The topological polar surface area (TPSA) is 76.7 Å². The average molecular weight is 329 g/mol. The van der Waals surface area contributed by atoms with Gasteiger partial charge in [0.2, 0.25) is 0 Å². The van der Waals surface area contributed by atoms with Crippen molar-refractivity contribution in [3.05, 3.63) is 51.7 Å². The highest BCUT2D eigenvalue weighted by molar-refractivity contribution is 7.14. The molecule has 3 N–H and O–H groups in total. The fourth-order valence-corrected chi connectivity index (χ4v) is 3.18. The van der Waals surface area contributed by atoms with Crippen LogP contribution in [0.4, 0.5) is 5.69 Å². The van der Waals surface area contributed by atoms with E-state index in [-0.39, 0.29) is 18.0 Å². The summed E-state index contributed by atoms with van der Waals surface area (Å²) in [4.78, 5) is 18.2. The van der Waals surface area contributed by atoms with Crippen molar-refractivity contribution in [3.8, 4) is 0 Å². The van der Waals surface area contributed by atoms with Crippen LogP contribution in [0.3, 0.4) is 0 Å². The summed E-state index contributed by atoms with van der Waals surface area (Å²) in [5.41, 5.74) is 7.50. The second kappa shape index (κ2) is 6.83. The van der Waals surface area contributed by atoms with Crippen LogP contribution in [0, 0.1) is 6.92 Å². The maximum absolute atomic E-state index is 12.1. The van der Waals surface area contributed by atoms with Gasteiger partial charge in [-0.25, -0.2) is 4.99 Å². The summed E-state index contributed by atoms with van der Waals surface area (Å²) in [6.45, 7) is 2.56. The highest BCUT2D eigenvalue weighted by Crippen LogP contribution is 2.18. The number of rotatable bonds is 5. The van der Waals surface area contributed by atoms with Gasteiger partial charge in [-0.2, -0.15) is 0 Å².